The van der Waals surface area contributed by atoms with E-state index in [-0.39, 0.29) is 12.0 Å². The summed E-state index contributed by atoms with van der Waals surface area (Å²) in [6.45, 7) is 1.30. The third-order valence-electron chi connectivity index (χ3n) is 3.79. The van der Waals surface area contributed by atoms with Crippen molar-refractivity contribution in [3.63, 3.8) is 0 Å². The number of amides is 1. The molecular weight excluding hydrogens is 324 g/mol. The summed E-state index contributed by atoms with van der Waals surface area (Å²) < 4.78 is 11.1. The molecule has 1 saturated heterocycles. The summed E-state index contributed by atoms with van der Waals surface area (Å²) in [6.07, 6.45) is 5.76. The quantitative estimate of drug-likeness (QED) is 0.811. The molecule has 24 heavy (non-hydrogen) atoms. The number of hydrogen-bond acceptors (Lipinski definition) is 5. The van der Waals surface area contributed by atoms with Crippen molar-refractivity contribution in [2.45, 2.75) is 23.8 Å². The molecule has 3 rings (SSSR count). The molecule has 0 aliphatic carbocycles. The topological polar surface area (TPSA) is 60.5 Å². The number of benzene rings is 1. The predicted molar refractivity (Wildman–Crippen MR) is 94.9 cm³/mol. The van der Waals surface area contributed by atoms with Crippen LogP contribution in [0.25, 0.3) is 0 Å². The molecule has 0 saturated carbocycles. The molecule has 0 bridgehead atoms. The Morgan fingerprint density at radius 3 is 2.96 bits per heavy atom. The van der Waals surface area contributed by atoms with Crippen LogP contribution in [0, 0.1) is 0 Å². The molecular formula is C18H20N2O3S. The highest BCUT2D eigenvalue weighted by atomic mass is 32.2. The molecule has 1 aromatic heterocycles. The Kier molecular flexibility index (Phi) is 5.72. The lowest BCUT2D eigenvalue weighted by atomic mass is 10.2. The SMILES string of the molecule is CSc1ccccc1NC(=O)c1ccc(OC[C@H]2CCCO2)nc1. The van der Waals surface area contributed by atoms with Gasteiger partial charge in [-0.15, -0.1) is 11.8 Å². The van der Waals surface area contributed by atoms with Crippen molar-refractivity contribution in [2.75, 3.05) is 24.8 Å². The van der Waals surface area contributed by atoms with Gasteiger partial charge in [0.1, 0.15) is 6.61 Å². The number of thioether (sulfide) groups is 1. The summed E-state index contributed by atoms with van der Waals surface area (Å²) in [4.78, 5) is 17.6. The number of rotatable bonds is 6. The second-order valence-corrected chi connectivity index (χ2v) is 6.33. The fraction of sp³-hybridized carbons (Fsp3) is 0.333. The molecule has 1 atom stereocenters. The fourth-order valence-electron chi connectivity index (χ4n) is 2.50. The van der Waals surface area contributed by atoms with E-state index in [0.717, 1.165) is 30.0 Å². The highest BCUT2D eigenvalue weighted by Gasteiger charge is 2.16. The molecule has 1 aliphatic rings. The Bertz CT molecular complexity index is 685. The second-order valence-electron chi connectivity index (χ2n) is 5.49. The van der Waals surface area contributed by atoms with Crippen molar-refractivity contribution in [2.24, 2.45) is 0 Å². The first-order valence-electron chi connectivity index (χ1n) is 7.91. The molecule has 1 aromatic carbocycles. The molecule has 5 nitrogen and oxygen atoms in total. The smallest absolute Gasteiger partial charge is 0.257 e. The van der Waals surface area contributed by atoms with Crippen molar-refractivity contribution >= 4 is 23.4 Å². The zero-order chi connectivity index (χ0) is 16.8. The van der Waals surface area contributed by atoms with E-state index < -0.39 is 0 Å². The van der Waals surface area contributed by atoms with Crippen molar-refractivity contribution < 1.29 is 14.3 Å². The van der Waals surface area contributed by atoms with Crippen LogP contribution >= 0.6 is 11.8 Å². The van der Waals surface area contributed by atoms with Crippen LogP contribution in [0.2, 0.25) is 0 Å². The number of nitrogens with zero attached hydrogens (tertiary/aromatic N) is 1. The Balaban J connectivity index is 1.59. The maximum absolute atomic E-state index is 12.3. The average molecular weight is 344 g/mol. The van der Waals surface area contributed by atoms with Gasteiger partial charge < -0.3 is 14.8 Å². The number of para-hydroxylation sites is 1. The summed E-state index contributed by atoms with van der Waals surface area (Å²) in [5.74, 6) is 0.321. The van der Waals surface area contributed by atoms with Gasteiger partial charge in [-0.05, 0) is 37.3 Å². The van der Waals surface area contributed by atoms with Gasteiger partial charge in [-0.25, -0.2) is 4.98 Å². The summed E-state index contributed by atoms with van der Waals surface area (Å²) >= 11 is 1.59. The number of anilines is 1. The monoisotopic (exact) mass is 344 g/mol. The number of carbonyl (C=O) groups is 1. The van der Waals surface area contributed by atoms with Gasteiger partial charge >= 0.3 is 0 Å². The van der Waals surface area contributed by atoms with Crippen LogP contribution < -0.4 is 10.1 Å². The Hall–Kier alpha value is -2.05. The lowest BCUT2D eigenvalue weighted by molar-refractivity contribution is 0.0663. The number of ether oxygens (including phenoxy) is 2. The molecule has 2 heterocycles. The minimum Gasteiger partial charge on any atom is -0.475 e. The van der Waals surface area contributed by atoms with E-state index in [2.05, 4.69) is 10.3 Å². The predicted octanol–water partition coefficient (Wildman–Crippen LogP) is 3.61. The van der Waals surface area contributed by atoms with Gasteiger partial charge in [0.15, 0.2) is 0 Å². The zero-order valence-corrected chi connectivity index (χ0v) is 14.3. The molecule has 126 valence electrons. The van der Waals surface area contributed by atoms with Crippen LogP contribution in [0.15, 0.2) is 47.5 Å². The molecule has 6 heteroatoms. The highest BCUT2D eigenvalue weighted by Crippen LogP contribution is 2.25. The Morgan fingerprint density at radius 2 is 2.25 bits per heavy atom. The van der Waals surface area contributed by atoms with Gasteiger partial charge in [0.25, 0.3) is 5.91 Å². The number of aromatic nitrogens is 1. The van der Waals surface area contributed by atoms with Crippen LogP contribution in [0.4, 0.5) is 5.69 Å². The van der Waals surface area contributed by atoms with Crippen LogP contribution in [0.5, 0.6) is 5.88 Å². The highest BCUT2D eigenvalue weighted by molar-refractivity contribution is 7.98. The zero-order valence-electron chi connectivity index (χ0n) is 13.5. The number of carbonyl (C=O) groups excluding carboxylic acids is 1. The van der Waals surface area contributed by atoms with Gasteiger partial charge in [0, 0.05) is 23.8 Å². The molecule has 1 aliphatic heterocycles. The van der Waals surface area contributed by atoms with Gasteiger partial charge in [-0.1, -0.05) is 12.1 Å². The minimum absolute atomic E-state index is 0.151. The standard InChI is InChI=1S/C18H20N2O3S/c1-24-16-7-3-2-6-15(16)20-18(21)13-8-9-17(19-11-13)23-12-14-5-4-10-22-14/h2-3,6-9,11,14H,4-5,10,12H2,1H3,(H,20,21)/t14-/m1/s1. The van der Waals surface area contributed by atoms with E-state index in [0.29, 0.717) is 18.1 Å². The fourth-order valence-corrected chi connectivity index (χ4v) is 3.05. The molecule has 0 unspecified atom stereocenters. The van der Waals surface area contributed by atoms with Crippen molar-refractivity contribution in [1.29, 1.82) is 0 Å². The van der Waals surface area contributed by atoms with E-state index in [4.69, 9.17) is 9.47 Å². The average Bonchev–Trinajstić information content (AvgIpc) is 3.14. The van der Waals surface area contributed by atoms with Crippen molar-refractivity contribution in [1.82, 2.24) is 4.98 Å². The van der Waals surface area contributed by atoms with Gasteiger partial charge in [0.05, 0.1) is 17.4 Å². The number of pyridine rings is 1. The Labute approximate surface area is 145 Å². The van der Waals surface area contributed by atoms with E-state index in [1.165, 1.54) is 6.20 Å². The van der Waals surface area contributed by atoms with E-state index in [9.17, 15) is 4.79 Å². The van der Waals surface area contributed by atoms with E-state index >= 15 is 0 Å². The third-order valence-corrected chi connectivity index (χ3v) is 4.59. The molecule has 2 aromatic rings. The first-order chi connectivity index (χ1) is 11.8. The van der Waals surface area contributed by atoms with Crippen LogP contribution in [0.3, 0.4) is 0 Å². The number of nitrogens with one attached hydrogen (secondary N) is 1. The summed E-state index contributed by atoms with van der Waals surface area (Å²) in [6, 6.07) is 11.1. The molecule has 0 radical (unpaired) electrons. The maximum Gasteiger partial charge on any atom is 0.257 e. The maximum atomic E-state index is 12.3. The van der Waals surface area contributed by atoms with Gasteiger partial charge in [-0.2, -0.15) is 0 Å². The summed E-state index contributed by atoms with van der Waals surface area (Å²) in [5.41, 5.74) is 1.30. The van der Waals surface area contributed by atoms with Crippen LogP contribution in [-0.4, -0.2) is 36.5 Å². The summed E-state index contributed by atoms with van der Waals surface area (Å²) in [7, 11) is 0. The molecule has 1 amide bonds. The van der Waals surface area contributed by atoms with E-state index in [1.807, 2.05) is 30.5 Å². The first-order valence-corrected chi connectivity index (χ1v) is 9.13. The van der Waals surface area contributed by atoms with Gasteiger partial charge in [-0.3, -0.25) is 4.79 Å². The minimum atomic E-state index is -0.185. The second kappa shape index (κ2) is 8.17. The van der Waals surface area contributed by atoms with E-state index in [1.54, 1.807) is 23.9 Å². The lowest BCUT2D eigenvalue weighted by Gasteiger charge is -2.11. The molecule has 0 spiro atoms. The lowest BCUT2D eigenvalue weighted by Crippen LogP contribution is -2.17. The first kappa shape index (κ1) is 16.8. The third kappa shape index (κ3) is 4.27. The largest absolute Gasteiger partial charge is 0.475 e. The van der Waals surface area contributed by atoms with Crippen molar-refractivity contribution in [3.05, 3.63) is 48.2 Å². The summed E-state index contributed by atoms with van der Waals surface area (Å²) in [5, 5.41) is 2.91. The Morgan fingerprint density at radius 1 is 1.38 bits per heavy atom. The van der Waals surface area contributed by atoms with Gasteiger partial charge in [0.2, 0.25) is 5.88 Å². The number of hydrogen-bond donors (Lipinski definition) is 1. The molecule has 1 N–H and O–H groups in total. The van der Waals surface area contributed by atoms with Crippen LogP contribution in [-0.2, 0) is 4.74 Å². The van der Waals surface area contributed by atoms with Crippen LogP contribution in [0.1, 0.15) is 23.2 Å². The normalized spacial score (nSPS) is 16.8. The molecule has 1 fully saturated rings. The van der Waals surface area contributed by atoms with Crippen molar-refractivity contribution in [3.8, 4) is 5.88 Å².